The predicted molar refractivity (Wildman–Crippen MR) is 92.3 cm³/mol. The van der Waals surface area contributed by atoms with Gasteiger partial charge in [0.15, 0.2) is 0 Å². The first-order valence-electron chi connectivity index (χ1n) is 8.12. The van der Waals surface area contributed by atoms with E-state index in [0.717, 1.165) is 18.7 Å². The monoisotopic (exact) mass is 356 g/mol. The number of carbonyl (C=O) groups excluding carboxylic acids is 1. The van der Waals surface area contributed by atoms with Crippen molar-refractivity contribution in [3.63, 3.8) is 0 Å². The number of rotatable bonds is 9. The maximum atomic E-state index is 12.0. The van der Waals surface area contributed by atoms with Crippen LogP contribution in [0.3, 0.4) is 0 Å². The van der Waals surface area contributed by atoms with Crippen molar-refractivity contribution in [1.29, 1.82) is 0 Å². The quantitative estimate of drug-likeness (QED) is 0.679. The van der Waals surface area contributed by atoms with Crippen LogP contribution in [0, 0.1) is 0 Å². The minimum Gasteiger partial charge on any atom is -0.382 e. The van der Waals surface area contributed by atoms with Crippen molar-refractivity contribution < 1.29 is 19.0 Å². The zero-order valence-corrected chi connectivity index (χ0v) is 14.8. The standard InChI is InChI=1S/C17H25ClN2O4/c1-22-10-11-24-13-17(21)19-12-16(20-6-8-23-9-7-20)14-4-2-3-5-15(14)18/h2-5,16H,6-13H2,1H3,(H,19,21). The summed E-state index contributed by atoms with van der Waals surface area (Å²) >= 11 is 6.36. The molecule has 0 aromatic heterocycles. The van der Waals surface area contributed by atoms with E-state index in [0.29, 0.717) is 38.0 Å². The van der Waals surface area contributed by atoms with Gasteiger partial charge in [0.25, 0.3) is 0 Å². The van der Waals surface area contributed by atoms with Gasteiger partial charge in [0, 0.05) is 31.8 Å². The molecule has 1 aromatic carbocycles. The molecule has 0 spiro atoms. The lowest BCUT2D eigenvalue weighted by molar-refractivity contribution is -0.126. The normalized spacial score (nSPS) is 16.8. The minimum absolute atomic E-state index is 0.0190. The highest BCUT2D eigenvalue weighted by atomic mass is 35.5. The average Bonchev–Trinajstić information content (AvgIpc) is 2.61. The highest BCUT2D eigenvalue weighted by Gasteiger charge is 2.24. The van der Waals surface area contributed by atoms with Gasteiger partial charge in [0.1, 0.15) is 6.61 Å². The third-order valence-corrected chi connectivity index (χ3v) is 4.25. The Morgan fingerprint density at radius 3 is 2.79 bits per heavy atom. The molecular weight excluding hydrogens is 332 g/mol. The molecule has 1 aliphatic heterocycles. The van der Waals surface area contributed by atoms with Crippen molar-refractivity contribution in [2.24, 2.45) is 0 Å². The lowest BCUT2D eigenvalue weighted by atomic mass is 10.0. The second-order valence-electron chi connectivity index (χ2n) is 5.54. The molecule has 1 fully saturated rings. The lowest BCUT2D eigenvalue weighted by Gasteiger charge is -2.35. The lowest BCUT2D eigenvalue weighted by Crippen LogP contribution is -2.44. The molecule has 0 radical (unpaired) electrons. The molecule has 1 aliphatic rings. The summed E-state index contributed by atoms with van der Waals surface area (Å²) in [7, 11) is 1.60. The fraction of sp³-hybridized carbons (Fsp3) is 0.588. The zero-order chi connectivity index (χ0) is 17.2. The summed E-state index contributed by atoms with van der Waals surface area (Å²) < 4.78 is 15.6. The molecule has 1 N–H and O–H groups in total. The van der Waals surface area contributed by atoms with E-state index < -0.39 is 0 Å². The summed E-state index contributed by atoms with van der Waals surface area (Å²) in [5.41, 5.74) is 1.02. The smallest absolute Gasteiger partial charge is 0.246 e. The number of hydrogen-bond donors (Lipinski definition) is 1. The molecule has 2 rings (SSSR count). The Labute approximate surface area is 148 Å². The third-order valence-electron chi connectivity index (χ3n) is 3.91. The van der Waals surface area contributed by atoms with Crippen molar-refractivity contribution in [2.45, 2.75) is 6.04 Å². The van der Waals surface area contributed by atoms with E-state index in [4.69, 9.17) is 25.8 Å². The van der Waals surface area contributed by atoms with Crippen LogP contribution in [0.1, 0.15) is 11.6 Å². The topological polar surface area (TPSA) is 60.0 Å². The van der Waals surface area contributed by atoms with Crippen LogP contribution >= 0.6 is 11.6 Å². The number of methoxy groups -OCH3 is 1. The van der Waals surface area contributed by atoms with Gasteiger partial charge in [-0.2, -0.15) is 0 Å². The molecule has 1 unspecified atom stereocenters. The number of nitrogens with one attached hydrogen (secondary N) is 1. The zero-order valence-electron chi connectivity index (χ0n) is 14.0. The number of benzene rings is 1. The Kier molecular flexibility index (Phi) is 8.49. The first-order valence-corrected chi connectivity index (χ1v) is 8.49. The van der Waals surface area contributed by atoms with E-state index in [1.54, 1.807) is 7.11 Å². The van der Waals surface area contributed by atoms with Crippen LogP contribution in [0.2, 0.25) is 5.02 Å². The summed E-state index contributed by atoms with van der Waals surface area (Å²) in [5.74, 6) is -0.142. The Morgan fingerprint density at radius 2 is 2.08 bits per heavy atom. The summed E-state index contributed by atoms with van der Waals surface area (Å²) in [6.07, 6.45) is 0. The molecule has 134 valence electrons. The van der Waals surface area contributed by atoms with Gasteiger partial charge in [-0.1, -0.05) is 29.8 Å². The SMILES string of the molecule is COCCOCC(=O)NCC(c1ccccc1Cl)N1CCOCC1. The first kappa shape index (κ1) is 19.1. The highest BCUT2D eigenvalue weighted by Crippen LogP contribution is 2.27. The van der Waals surface area contributed by atoms with Crippen LogP contribution in [0.4, 0.5) is 0 Å². The number of carbonyl (C=O) groups is 1. The van der Waals surface area contributed by atoms with Crippen LogP contribution in [-0.4, -0.2) is 70.6 Å². The summed E-state index contributed by atoms with van der Waals surface area (Å²) in [4.78, 5) is 14.2. The number of halogens is 1. The number of nitrogens with zero attached hydrogens (tertiary/aromatic N) is 1. The molecule has 0 aliphatic carbocycles. The van der Waals surface area contributed by atoms with Crippen LogP contribution in [0.5, 0.6) is 0 Å². The van der Waals surface area contributed by atoms with Crippen LogP contribution in [-0.2, 0) is 19.0 Å². The predicted octanol–water partition coefficient (Wildman–Crippen LogP) is 1.49. The van der Waals surface area contributed by atoms with Crippen molar-refractivity contribution in [2.75, 3.05) is 59.8 Å². The fourth-order valence-electron chi connectivity index (χ4n) is 2.64. The molecule has 1 saturated heterocycles. The summed E-state index contributed by atoms with van der Waals surface area (Å²) in [5, 5.41) is 3.64. The molecule has 1 heterocycles. The highest BCUT2D eigenvalue weighted by molar-refractivity contribution is 6.31. The first-order chi connectivity index (χ1) is 11.7. The molecular formula is C17H25ClN2O4. The van der Waals surface area contributed by atoms with E-state index in [2.05, 4.69) is 10.2 Å². The average molecular weight is 357 g/mol. The van der Waals surface area contributed by atoms with Crippen LogP contribution in [0.15, 0.2) is 24.3 Å². The van der Waals surface area contributed by atoms with Crippen molar-refractivity contribution in [3.05, 3.63) is 34.9 Å². The molecule has 6 nitrogen and oxygen atoms in total. The van der Waals surface area contributed by atoms with Gasteiger partial charge in [-0.3, -0.25) is 9.69 Å². The van der Waals surface area contributed by atoms with Crippen LogP contribution in [0.25, 0.3) is 0 Å². The van der Waals surface area contributed by atoms with E-state index in [-0.39, 0.29) is 18.6 Å². The number of amides is 1. The van der Waals surface area contributed by atoms with Crippen molar-refractivity contribution in [1.82, 2.24) is 10.2 Å². The van der Waals surface area contributed by atoms with Gasteiger partial charge in [0.2, 0.25) is 5.91 Å². The summed E-state index contributed by atoms with van der Waals surface area (Å²) in [6.45, 7) is 4.40. The molecule has 0 saturated carbocycles. The maximum absolute atomic E-state index is 12.0. The second-order valence-corrected chi connectivity index (χ2v) is 5.94. The fourth-order valence-corrected chi connectivity index (χ4v) is 2.90. The van der Waals surface area contributed by atoms with Gasteiger partial charge in [-0.05, 0) is 11.6 Å². The van der Waals surface area contributed by atoms with Gasteiger partial charge in [-0.15, -0.1) is 0 Å². The van der Waals surface area contributed by atoms with E-state index in [9.17, 15) is 4.79 Å². The van der Waals surface area contributed by atoms with E-state index in [1.807, 2.05) is 24.3 Å². The molecule has 7 heteroatoms. The van der Waals surface area contributed by atoms with Gasteiger partial charge < -0.3 is 19.5 Å². The molecule has 1 amide bonds. The largest absolute Gasteiger partial charge is 0.382 e. The Hall–Kier alpha value is -1.18. The molecule has 1 aromatic rings. The molecule has 1 atom stereocenters. The van der Waals surface area contributed by atoms with Crippen molar-refractivity contribution in [3.8, 4) is 0 Å². The molecule has 0 bridgehead atoms. The number of ether oxygens (including phenoxy) is 3. The van der Waals surface area contributed by atoms with E-state index in [1.165, 1.54) is 0 Å². The minimum atomic E-state index is -0.142. The van der Waals surface area contributed by atoms with Gasteiger partial charge in [-0.25, -0.2) is 0 Å². The Morgan fingerprint density at radius 1 is 1.33 bits per heavy atom. The van der Waals surface area contributed by atoms with E-state index >= 15 is 0 Å². The second kappa shape index (κ2) is 10.6. The number of morpholine rings is 1. The van der Waals surface area contributed by atoms with Crippen molar-refractivity contribution >= 4 is 17.5 Å². The Bertz CT molecular complexity index is 509. The summed E-state index contributed by atoms with van der Waals surface area (Å²) in [6, 6.07) is 7.77. The molecule has 24 heavy (non-hydrogen) atoms. The van der Waals surface area contributed by atoms with Gasteiger partial charge in [0.05, 0.1) is 32.5 Å². The number of hydrogen-bond acceptors (Lipinski definition) is 5. The Balaban J connectivity index is 1.93. The third kappa shape index (κ3) is 6.03. The maximum Gasteiger partial charge on any atom is 0.246 e. The van der Waals surface area contributed by atoms with Gasteiger partial charge >= 0.3 is 0 Å². The van der Waals surface area contributed by atoms with Crippen LogP contribution < -0.4 is 5.32 Å².